The first-order valence-electron chi connectivity index (χ1n) is 9.09. The van der Waals surface area contributed by atoms with Gasteiger partial charge in [-0.05, 0) is 37.6 Å². The van der Waals surface area contributed by atoms with Crippen molar-refractivity contribution in [1.29, 1.82) is 0 Å². The molecule has 2 aliphatic rings. The quantitative estimate of drug-likeness (QED) is 0.840. The molecule has 2 aromatic rings. The summed E-state index contributed by atoms with van der Waals surface area (Å²) in [5, 5.41) is 17.7. The number of piperidine rings is 1. The van der Waals surface area contributed by atoms with Crippen molar-refractivity contribution in [1.82, 2.24) is 14.7 Å². The van der Waals surface area contributed by atoms with Crippen LogP contribution in [0.25, 0.3) is 0 Å². The number of nitrogens with zero attached hydrogens (tertiary/aromatic N) is 3. The van der Waals surface area contributed by atoms with E-state index in [2.05, 4.69) is 10.4 Å². The summed E-state index contributed by atoms with van der Waals surface area (Å²) in [5.74, 6) is 1.40. The molecule has 0 saturated carbocycles. The van der Waals surface area contributed by atoms with E-state index in [0.29, 0.717) is 6.54 Å². The van der Waals surface area contributed by atoms with Gasteiger partial charge in [-0.3, -0.25) is 14.4 Å². The van der Waals surface area contributed by atoms with Crippen LogP contribution in [0.15, 0.2) is 24.4 Å². The lowest BCUT2D eigenvalue weighted by Crippen LogP contribution is -2.45. The zero-order valence-corrected chi connectivity index (χ0v) is 15.5. The molecule has 1 aromatic heterocycles. The molecule has 2 atom stereocenters. The number of amides is 1. The van der Waals surface area contributed by atoms with Crippen molar-refractivity contribution in [2.75, 3.05) is 31.7 Å². The highest BCUT2D eigenvalue weighted by Crippen LogP contribution is 2.37. The van der Waals surface area contributed by atoms with Crippen LogP contribution in [-0.2, 0) is 11.8 Å². The molecule has 0 radical (unpaired) electrons. The minimum atomic E-state index is -0.535. The number of ether oxygens (including phenoxy) is 2. The minimum absolute atomic E-state index is 0.0272. The Bertz CT molecular complexity index is 850. The van der Waals surface area contributed by atoms with E-state index in [1.807, 2.05) is 37.1 Å². The van der Waals surface area contributed by atoms with Gasteiger partial charge < -0.3 is 19.9 Å². The fourth-order valence-corrected chi connectivity index (χ4v) is 3.79. The Morgan fingerprint density at radius 1 is 1.37 bits per heavy atom. The predicted molar refractivity (Wildman–Crippen MR) is 98.9 cm³/mol. The van der Waals surface area contributed by atoms with Crippen LogP contribution in [0.5, 0.6) is 11.5 Å². The Morgan fingerprint density at radius 3 is 2.93 bits per heavy atom. The third kappa shape index (κ3) is 3.77. The van der Waals surface area contributed by atoms with Crippen LogP contribution in [0, 0.1) is 6.92 Å². The van der Waals surface area contributed by atoms with Crippen molar-refractivity contribution in [2.24, 2.45) is 7.05 Å². The van der Waals surface area contributed by atoms with Crippen LogP contribution < -0.4 is 14.8 Å². The zero-order chi connectivity index (χ0) is 19.0. The number of β-amino-alcohol motifs (C(OH)–C–C–N with tert-alkyl or cyclic N) is 1. The van der Waals surface area contributed by atoms with E-state index in [4.69, 9.17) is 9.47 Å². The van der Waals surface area contributed by atoms with Gasteiger partial charge in [0.25, 0.3) is 0 Å². The fraction of sp³-hybridized carbons (Fsp3) is 0.474. The number of rotatable bonds is 4. The topological polar surface area (TPSA) is 88.9 Å². The second kappa shape index (κ2) is 7.21. The number of anilines is 1. The van der Waals surface area contributed by atoms with Crippen LogP contribution in [-0.4, -0.2) is 58.2 Å². The van der Waals surface area contributed by atoms with E-state index in [1.54, 1.807) is 10.9 Å². The molecule has 0 aliphatic carbocycles. The molecule has 1 saturated heterocycles. The number of fused-ring (bicyclic) bond motifs is 1. The largest absolute Gasteiger partial charge is 0.454 e. The number of aliphatic hydroxyl groups is 1. The number of carbonyl (C=O) groups excluding carboxylic acids is 1. The number of aliphatic hydroxyl groups excluding tert-OH is 1. The van der Waals surface area contributed by atoms with E-state index >= 15 is 0 Å². The second-order valence-electron chi connectivity index (χ2n) is 7.16. The smallest absolute Gasteiger partial charge is 0.238 e. The maximum absolute atomic E-state index is 12.3. The molecule has 27 heavy (non-hydrogen) atoms. The van der Waals surface area contributed by atoms with Gasteiger partial charge in [0.15, 0.2) is 11.5 Å². The number of benzene rings is 1. The summed E-state index contributed by atoms with van der Waals surface area (Å²) < 4.78 is 12.4. The first-order valence-corrected chi connectivity index (χ1v) is 9.09. The van der Waals surface area contributed by atoms with Gasteiger partial charge in [0.1, 0.15) is 0 Å². The second-order valence-corrected chi connectivity index (χ2v) is 7.16. The summed E-state index contributed by atoms with van der Waals surface area (Å²) in [5.41, 5.74) is 2.55. The van der Waals surface area contributed by atoms with Crippen LogP contribution in [0.1, 0.15) is 23.6 Å². The first-order chi connectivity index (χ1) is 13.0. The van der Waals surface area contributed by atoms with Crippen molar-refractivity contribution in [3.8, 4) is 11.5 Å². The van der Waals surface area contributed by atoms with Crippen molar-refractivity contribution >= 4 is 11.6 Å². The summed E-state index contributed by atoms with van der Waals surface area (Å²) in [6, 6.07) is 5.82. The Kier molecular flexibility index (Phi) is 4.75. The lowest BCUT2D eigenvalue weighted by molar-refractivity contribution is -0.118. The molecule has 1 fully saturated rings. The number of aryl methyl sites for hydroxylation is 2. The summed E-state index contributed by atoms with van der Waals surface area (Å²) in [4.78, 5) is 14.3. The van der Waals surface area contributed by atoms with Crippen molar-refractivity contribution < 1.29 is 19.4 Å². The molecule has 2 aliphatic heterocycles. The molecule has 8 heteroatoms. The maximum atomic E-state index is 12.3. The third-order valence-corrected chi connectivity index (χ3v) is 5.15. The maximum Gasteiger partial charge on any atom is 0.238 e. The predicted octanol–water partition coefficient (Wildman–Crippen LogP) is 1.25. The van der Waals surface area contributed by atoms with E-state index in [0.717, 1.165) is 41.4 Å². The molecule has 8 nitrogen and oxygen atoms in total. The average molecular weight is 372 g/mol. The van der Waals surface area contributed by atoms with Crippen LogP contribution >= 0.6 is 0 Å². The van der Waals surface area contributed by atoms with Gasteiger partial charge in [0.2, 0.25) is 12.7 Å². The molecule has 4 rings (SSSR count). The molecule has 144 valence electrons. The summed E-state index contributed by atoms with van der Waals surface area (Å²) in [7, 11) is 1.82. The Morgan fingerprint density at radius 2 is 2.19 bits per heavy atom. The summed E-state index contributed by atoms with van der Waals surface area (Å²) in [6.45, 7) is 3.55. The van der Waals surface area contributed by atoms with Gasteiger partial charge in [-0.15, -0.1) is 0 Å². The monoisotopic (exact) mass is 372 g/mol. The van der Waals surface area contributed by atoms with Crippen LogP contribution in [0.4, 0.5) is 5.69 Å². The Labute approximate surface area is 157 Å². The lowest BCUT2D eigenvalue weighted by Gasteiger charge is -2.35. The highest BCUT2D eigenvalue weighted by molar-refractivity contribution is 5.92. The van der Waals surface area contributed by atoms with E-state index < -0.39 is 6.10 Å². The van der Waals surface area contributed by atoms with E-state index in [1.165, 1.54) is 0 Å². The van der Waals surface area contributed by atoms with Gasteiger partial charge in [-0.1, -0.05) is 6.07 Å². The van der Waals surface area contributed by atoms with Gasteiger partial charge in [-0.2, -0.15) is 5.10 Å². The standard InChI is InChI=1S/C19H24N4O4/c1-12-15(8-22(2)21-12)20-19(25)10-23-6-5-14(16(24)9-23)13-3-4-17-18(7-13)27-11-26-17/h3-4,7-8,14,16,24H,5-6,9-11H2,1-2H3,(H,20,25)/t14-,16+/m1/s1. The zero-order valence-electron chi connectivity index (χ0n) is 15.5. The molecule has 3 heterocycles. The Balaban J connectivity index is 1.34. The number of hydrogen-bond donors (Lipinski definition) is 2. The van der Waals surface area contributed by atoms with Crippen LogP contribution in [0.3, 0.4) is 0 Å². The molecule has 0 spiro atoms. The summed E-state index contributed by atoms with van der Waals surface area (Å²) >= 11 is 0. The number of aromatic nitrogens is 2. The molecule has 0 unspecified atom stereocenters. The molecular formula is C19H24N4O4. The van der Waals surface area contributed by atoms with E-state index in [-0.39, 0.29) is 25.2 Å². The lowest BCUT2D eigenvalue weighted by atomic mass is 9.87. The number of carbonyl (C=O) groups is 1. The first kappa shape index (κ1) is 17.8. The van der Waals surface area contributed by atoms with Gasteiger partial charge in [0.05, 0.1) is 24.0 Å². The van der Waals surface area contributed by atoms with Crippen molar-refractivity contribution in [3.63, 3.8) is 0 Å². The number of likely N-dealkylation sites (tertiary alicyclic amines) is 1. The minimum Gasteiger partial charge on any atom is -0.454 e. The normalized spacial score (nSPS) is 22.0. The Hall–Kier alpha value is -2.58. The SMILES string of the molecule is Cc1nn(C)cc1NC(=O)CN1CC[C@H](c2ccc3c(c2)OCO3)[C@@H](O)C1. The molecule has 1 aromatic carbocycles. The van der Waals surface area contributed by atoms with Gasteiger partial charge in [0, 0.05) is 25.7 Å². The molecule has 0 bridgehead atoms. The highest BCUT2D eigenvalue weighted by Gasteiger charge is 2.31. The van der Waals surface area contributed by atoms with Crippen molar-refractivity contribution in [2.45, 2.75) is 25.4 Å². The third-order valence-electron chi connectivity index (χ3n) is 5.15. The highest BCUT2D eigenvalue weighted by atomic mass is 16.7. The summed E-state index contributed by atoms with van der Waals surface area (Å²) in [6.07, 6.45) is 2.03. The molecule has 1 amide bonds. The van der Waals surface area contributed by atoms with Gasteiger partial charge in [-0.25, -0.2) is 0 Å². The van der Waals surface area contributed by atoms with E-state index in [9.17, 15) is 9.90 Å². The van der Waals surface area contributed by atoms with Crippen LogP contribution in [0.2, 0.25) is 0 Å². The number of hydrogen-bond acceptors (Lipinski definition) is 6. The van der Waals surface area contributed by atoms with Gasteiger partial charge >= 0.3 is 0 Å². The van der Waals surface area contributed by atoms with Crippen molar-refractivity contribution in [3.05, 3.63) is 35.7 Å². The molecule has 2 N–H and O–H groups in total. The number of nitrogens with one attached hydrogen (secondary N) is 1. The average Bonchev–Trinajstić information content (AvgIpc) is 3.20. The molecular weight excluding hydrogens is 348 g/mol. The fourth-order valence-electron chi connectivity index (χ4n) is 3.79.